The highest BCUT2D eigenvalue weighted by molar-refractivity contribution is 5.67. The zero-order valence-electron chi connectivity index (χ0n) is 19.0. The highest BCUT2D eigenvalue weighted by Crippen LogP contribution is 2.38. The van der Waals surface area contributed by atoms with Crippen LogP contribution in [0.1, 0.15) is 82.1 Å². The molecule has 5 nitrogen and oxygen atoms in total. The predicted molar refractivity (Wildman–Crippen MR) is 126 cm³/mol. The molecule has 32 heavy (non-hydrogen) atoms. The van der Waals surface area contributed by atoms with Crippen molar-refractivity contribution in [1.82, 2.24) is 9.36 Å². The molecule has 0 saturated heterocycles. The Balaban J connectivity index is 1.33. The maximum absolute atomic E-state index is 12.9. The first-order chi connectivity index (χ1) is 15.6. The number of hydrogen-bond acceptors (Lipinski definition) is 2. The summed E-state index contributed by atoms with van der Waals surface area (Å²) < 4.78 is 4.31. The topological polar surface area (TPSA) is 64.2 Å². The Morgan fingerprint density at radius 1 is 0.812 bits per heavy atom. The maximum atomic E-state index is 12.9. The second-order valence-corrected chi connectivity index (χ2v) is 10.6. The summed E-state index contributed by atoms with van der Waals surface area (Å²) in [4.78, 5) is 23.9. The Morgan fingerprint density at radius 2 is 1.41 bits per heavy atom. The third kappa shape index (κ3) is 4.57. The van der Waals surface area contributed by atoms with Gasteiger partial charge in [-0.05, 0) is 86.2 Å². The molecule has 3 aliphatic carbocycles. The number of carboxylic acids is 1. The largest absolute Gasteiger partial charge is 0.481 e. The third-order valence-electron chi connectivity index (χ3n) is 8.38. The lowest BCUT2D eigenvalue weighted by molar-refractivity contribution is -0.138. The second kappa shape index (κ2) is 9.29. The van der Waals surface area contributed by atoms with Crippen LogP contribution in [-0.2, 0) is 17.9 Å². The van der Waals surface area contributed by atoms with Gasteiger partial charge in [0, 0.05) is 25.6 Å². The van der Waals surface area contributed by atoms with Crippen molar-refractivity contribution in [1.29, 1.82) is 0 Å². The number of hydrogen-bond donors (Lipinski definition) is 1. The number of carbonyl (C=O) groups is 1. The first-order valence-corrected chi connectivity index (χ1v) is 12.7. The molecule has 3 fully saturated rings. The smallest absolute Gasteiger partial charge is 0.303 e. The predicted octanol–water partition coefficient (Wildman–Crippen LogP) is 5.67. The van der Waals surface area contributed by atoms with Gasteiger partial charge in [-0.25, -0.2) is 4.68 Å². The number of rotatable bonds is 8. The molecule has 0 spiro atoms. The van der Waals surface area contributed by atoms with Crippen LogP contribution in [0.3, 0.4) is 0 Å². The average Bonchev–Trinajstić information content (AvgIpc) is 3.03. The van der Waals surface area contributed by atoms with Crippen LogP contribution in [0, 0.1) is 17.8 Å². The summed E-state index contributed by atoms with van der Waals surface area (Å²) in [6, 6.07) is 10.7. The average molecular weight is 437 g/mol. The minimum Gasteiger partial charge on any atom is -0.481 e. The van der Waals surface area contributed by atoms with Crippen molar-refractivity contribution in [2.24, 2.45) is 17.8 Å². The number of benzene rings is 1. The molecule has 0 radical (unpaired) electrons. The van der Waals surface area contributed by atoms with Crippen LogP contribution in [0.15, 0.2) is 35.1 Å². The van der Waals surface area contributed by atoms with E-state index in [2.05, 4.69) is 28.9 Å². The first-order valence-electron chi connectivity index (χ1n) is 12.7. The fourth-order valence-electron chi connectivity index (χ4n) is 5.85. The maximum Gasteiger partial charge on any atom is 0.303 e. The van der Waals surface area contributed by atoms with E-state index in [1.165, 1.54) is 44.1 Å². The van der Waals surface area contributed by atoms with Crippen LogP contribution in [0.2, 0.25) is 0 Å². The summed E-state index contributed by atoms with van der Waals surface area (Å²) in [5.74, 6) is 1.55. The normalized spacial score (nSPS) is 24.1. The highest BCUT2D eigenvalue weighted by atomic mass is 16.4. The van der Waals surface area contributed by atoms with Gasteiger partial charge in [0.05, 0.1) is 5.69 Å². The highest BCUT2D eigenvalue weighted by Gasteiger charge is 2.26. The molecule has 3 aliphatic rings. The fraction of sp³-hybridized carbons (Fsp3) is 0.630. The van der Waals surface area contributed by atoms with Crippen LogP contribution >= 0.6 is 0 Å². The minimum atomic E-state index is -0.671. The van der Waals surface area contributed by atoms with Gasteiger partial charge in [-0.3, -0.25) is 14.3 Å². The summed E-state index contributed by atoms with van der Waals surface area (Å²) in [5.41, 5.74) is 3.70. The van der Waals surface area contributed by atoms with Crippen LogP contribution in [0.25, 0.3) is 11.3 Å². The van der Waals surface area contributed by atoms with E-state index >= 15 is 0 Å². The lowest BCUT2D eigenvalue weighted by atomic mass is 9.77. The fourth-order valence-corrected chi connectivity index (χ4v) is 5.85. The third-order valence-corrected chi connectivity index (χ3v) is 8.38. The first kappa shape index (κ1) is 21.5. The van der Waals surface area contributed by atoms with Crippen molar-refractivity contribution >= 4 is 5.97 Å². The summed E-state index contributed by atoms with van der Waals surface area (Å²) in [5, 5.41) is 9.04. The van der Waals surface area contributed by atoms with Crippen molar-refractivity contribution in [3.05, 3.63) is 46.2 Å². The van der Waals surface area contributed by atoms with E-state index in [9.17, 15) is 9.59 Å². The zero-order chi connectivity index (χ0) is 22.1. The molecule has 1 N–H and O–H groups in total. The van der Waals surface area contributed by atoms with Crippen LogP contribution in [0.4, 0.5) is 0 Å². The van der Waals surface area contributed by atoms with Gasteiger partial charge in [0.15, 0.2) is 0 Å². The quantitative estimate of drug-likeness (QED) is 0.580. The van der Waals surface area contributed by atoms with E-state index in [-0.39, 0.29) is 5.56 Å². The van der Waals surface area contributed by atoms with Gasteiger partial charge in [0.25, 0.3) is 5.56 Å². The number of aliphatic carboxylic acids is 1. The van der Waals surface area contributed by atoms with E-state index in [0.29, 0.717) is 30.1 Å². The van der Waals surface area contributed by atoms with E-state index in [1.54, 1.807) is 0 Å². The van der Waals surface area contributed by atoms with Crippen LogP contribution in [-0.4, -0.2) is 20.4 Å². The minimum absolute atomic E-state index is 0.145. The Bertz CT molecular complexity index is 987. The van der Waals surface area contributed by atoms with E-state index in [1.807, 2.05) is 10.7 Å². The zero-order valence-corrected chi connectivity index (χ0v) is 19.0. The molecule has 2 aromatic rings. The Kier molecular flexibility index (Phi) is 6.25. The molecule has 1 aromatic heterocycles. The van der Waals surface area contributed by atoms with Crippen molar-refractivity contribution in [2.45, 2.75) is 89.6 Å². The van der Waals surface area contributed by atoms with E-state index in [4.69, 9.17) is 5.11 Å². The molecular formula is C27H36N2O3. The van der Waals surface area contributed by atoms with Crippen LogP contribution in [0.5, 0.6) is 0 Å². The molecule has 5 heteroatoms. The van der Waals surface area contributed by atoms with Gasteiger partial charge >= 0.3 is 5.97 Å². The Labute approximate surface area is 190 Å². The standard InChI is InChI=1S/C27H36N2O3/c30-26-16-25(28(17-20-3-1-4-20)29(26)18-21-5-2-6-21)24-13-11-23(12-14-24)22-9-7-19(8-10-22)15-27(31)32/h11-14,16,19-22H,1-10,15,17-18H2,(H,31,32). The van der Waals surface area contributed by atoms with Crippen molar-refractivity contribution in [2.75, 3.05) is 0 Å². The van der Waals surface area contributed by atoms with Gasteiger partial charge in [-0.15, -0.1) is 0 Å². The number of nitrogens with zero attached hydrogens (tertiary/aromatic N) is 2. The molecule has 0 atom stereocenters. The molecule has 0 aliphatic heterocycles. The Hall–Kier alpha value is -2.30. The summed E-state index contributed by atoms with van der Waals surface area (Å²) >= 11 is 0. The van der Waals surface area contributed by atoms with E-state index < -0.39 is 5.97 Å². The van der Waals surface area contributed by atoms with Gasteiger partial charge in [0.1, 0.15) is 0 Å². The summed E-state index contributed by atoms with van der Waals surface area (Å²) in [6.45, 7) is 1.82. The van der Waals surface area contributed by atoms with Gasteiger partial charge < -0.3 is 5.11 Å². The number of aromatic nitrogens is 2. The molecular weight excluding hydrogens is 400 g/mol. The van der Waals surface area contributed by atoms with Gasteiger partial charge in [0.2, 0.25) is 0 Å². The molecule has 5 rings (SSSR count). The molecule has 3 saturated carbocycles. The number of carboxylic acid groups (broad SMARTS) is 1. The molecule has 1 aromatic carbocycles. The van der Waals surface area contributed by atoms with Crippen molar-refractivity contribution in [3.8, 4) is 11.3 Å². The lowest BCUT2D eigenvalue weighted by Crippen LogP contribution is -2.32. The van der Waals surface area contributed by atoms with Gasteiger partial charge in [-0.2, -0.15) is 0 Å². The van der Waals surface area contributed by atoms with Crippen molar-refractivity contribution in [3.63, 3.8) is 0 Å². The molecule has 172 valence electrons. The lowest BCUT2D eigenvalue weighted by Gasteiger charge is -2.31. The van der Waals surface area contributed by atoms with Gasteiger partial charge in [-0.1, -0.05) is 37.1 Å². The van der Waals surface area contributed by atoms with Crippen molar-refractivity contribution < 1.29 is 9.90 Å². The second-order valence-electron chi connectivity index (χ2n) is 10.6. The molecule has 0 amide bonds. The summed E-state index contributed by atoms with van der Waals surface area (Å²) in [6.07, 6.45) is 12.1. The summed E-state index contributed by atoms with van der Waals surface area (Å²) in [7, 11) is 0. The molecule has 1 heterocycles. The molecule has 0 unspecified atom stereocenters. The van der Waals surface area contributed by atoms with E-state index in [0.717, 1.165) is 50.0 Å². The molecule has 0 bridgehead atoms. The van der Waals surface area contributed by atoms with Crippen LogP contribution < -0.4 is 5.56 Å². The Morgan fingerprint density at radius 3 is 1.94 bits per heavy atom. The monoisotopic (exact) mass is 436 g/mol. The SMILES string of the molecule is O=C(O)CC1CCC(c2ccc(-c3cc(=O)n(CC4CCC4)n3CC3CCC3)cc2)CC1.